The van der Waals surface area contributed by atoms with Crippen molar-refractivity contribution in [3.8, 4) is 0 Å². The van der Waals surface area contributed by atoms with Gasteiger partial charge in [0.1, 0.15) is 11.5 Å². The summed E-state index contributed by atoms with van der Waals surface area (Å²) in [5.74, 6) is -2.27. The first-order valence-electron chi connectivity index (χ1n) is 6.39. The van der Waals surface area contributed by atoms with Crippen LogP contribution in [0.5, 0.6) is 0 Å². The molecule has 1 aliphatic carbocycles. The summed E-state index contributed by atoms with van der Waals surface area (Å²) in [6.07, 6.45) is 3.62. The molecule has 2 aromatic rings. The smallest absolute Gasteiger partial charge is 0.272 e. The lowest BCUT2D eigenvalue weighted by Gasteiger charge is -2.10. The lowest BCUT2D eigenvalue weighted by atomic mass is 10.2. The van der Waals surface area contributed by atoms with Gasteiger partial charge in [-0.05, 0) is 25.0 Å². The lowest BCUT2D eigenvalue weighted by molar-refractivity contribution is 0.101. The van der Waals surface area contributed by atoms with Crippen molar-refractivity contribution in [3.05, 3.63) is 46.7 Å². The fraction of sp³-hybridized carbons (Fsp3) is 0.214. The Kier molecular flexibility index (Phi) is 3.33. The second-order valence-electron chi connectivity index (χ2n) is 5.00. The van der Waals surface area contributed by atoms with E-state index in [4.69, 9.17) is 17.3 Å². The molecule has 0 aliphatic heterocycles. The third-order valence-corrected chi connectivity index (χ3v) is 3.59. The number of nitrogens with two attached hydrogens (primary N) is 1. The van der Waals surface area contributed by atoms with Crippen LogP contribution in [0.15, 0.2) is 24.4 Å². The van der Waals surface area contributed by atoms with Crippen molar-refractivity contribution in [3.63, 3.8) is 0 Å². The largest absolute Gasteiger partial charge is 0.397 e. The highest BCUT2D eigenvalue weighted by Crippen LogP contribution is 2.37. The third-order valence-electron chi connectivity index (χ3n) is 3.29. The highest BCUT2D eigenvalue weighted by Gasteiger charge is 2.28. The Morgan fingerprint density at radius 3 is 2.67 bits per heavy atom. The van der Waals surface area contributed by atoms with Crippen LogP contribution >= 0.6 is 11.6 Å². The van der Waals surface area contributed by atoms with Crippen LogP contribution in [0.25, 0.3) is 0 Å². The second-order valence-corrected chi connectivity index (χ2v) is 5.40. The van der Waals surface area contributed by atoms with E-state index < -0.39 is 17.5 Å². The van der Waals surface area contributed by atoms with Crippen LogP contribution in [0.2, 0.25) is 5.02 Å². The van der Waals surface area contributed by atoms with E-state index in [9.17, 15) is 13.6 Å². The first kappa shape index (κ1) is 13.9. The van der Waals surface area contributed by atoms with Gasteiger partial charge < -0.3 is 15.6 Å². The molecule has 0 atom stereocenters. The highest BCUT2D eigenvalue weighted by atomic mass is 35.5. The molecular weight excluding hydrogens is 300 g/mol. The number of carbonyl (C=O) groups is 1. The minimum atomic E-state index is -0.925. The molecule has 4 nitrogen and oxygen atoms in total. The molecule has 110 valence electrons. The summed E-state index contributed by atoms with van der Waals surface area (Å²) in [7, 11) is 0. The summed E-state index contributed by atoms with van der Waals surface area (Å²) >= 11 is 5.76. The fourth-order valence-corrected chi connectivity index (χ4v) is 2.42. The van der Waals surface area contributed by atoms with E-state index in [1.807, 2.05) is 0 Å². The number of rotatable bonds is 3. The molecule has 3 N–H and O–H groups in total. The number of nitrogen functional groups attached to an aromatic ring is 1. The van der Waals surface area contributed by atoms with Crippen molar-refractivity contribution in [2.75, 3.05) is 11.1 Å². The summed E-state index contributed by atoms with van der Waals surface area (Å²) < 4.78 is 28.4. The van der Waals surface area contributed by atoms with Crippen LogP contribution in [-0.2, 0) is 0 Å². The van der Waals surface area contributed by atoms with Crippen LogP contribution in [0.1, 0.15) is 29.4 Å². The van der Waals surface area contributed by atoms with Gasteiger partial charge in [-0.15, -0.1) is 0 Å². The molecule has 0 bridgehead atoms. The number of nitrogens with one attached hydrogen (secondary N) is 1. The van der Waals surface area contributed by atoms with Gasteiger partial charge >= 0.3 is 0 Å². The number of amides is 1. The van der Waals surface area contributed by atoms with Gasteiger partial charge in [0.2, 0.25) is 0 Å². The molecule has 0 spiro atoms. The van der Waals surface area contributed by atoms with Crippen LogP contribution in [-0.4, -0.2) is 10.5 Å². The maximum atomic E-state index is 13.7. The average Bonchev–Trinajstić information content (AvgIpc) is 3.16. The monoisotopic (exact) mass is 311 g/mol. The van der Waals surface area contributed by atoms with Crippen molar-refractivity contribution in [2.45, 2.75) is 18.9 Å². The molecule has 1 aliphatic rings. The summed E-state index contributed by atoms with van der Waals surface area (Å²) in [5, 5.41) is 2.17. The van der Waals surface area contributed by atoms with Gasteiger partial charge in [0, 0.05) is 18.3 Å². The molecule has 0 unspecified atom stereocenters. The Bertz CT molecular complexity index is 702. The number of benzene rings is 1. The quantitative estimate of drug-likeness (QED) is 0.910. The van der Waals surface area contributed by atoms with Gasteiger partial charge in [-0.1, -0.05) is 11.6 Å². The minimum absolute atomic E-state index is 0.196. The Hall–Kier alpha value is -2.08. The Labute approximate surface area is 124 Å². The van der Waals surface area contributed by atoms with Crippen molar-refractivity contribution in [2.24, 2.45) is 0 Å². The summed E-state index contributed by atoms with van der Waals surface area (Å²) in [6, 6.07) is 3.37. The molecule has 1 saturated carbocycles. The van der Waals surface area contributed by atoms with Crippen LogP contribution < -0.4 is 11.1 Å². The normalized spacial score (nSPS) is 14.2. The minimum Gasteiger partial charge on any atom is -0.397 e. The second kappa shape index (κ2) is 5.04. The number of anilines is 2. The predicted molar refractivity (Wildman–Crippen MR) is 76.4 cm³/mol. The molecule has 0 saturated heterocycles. The van der Waals surface area contributed by atoms with Crippen molar-refractivity contribution in [1.82, 2.24) is 4.57 Å². The van der Waals surface area contributed by atoms with E-state index in [0.29, 0.717) is 17.4 Å². The van der Waals surface area contributed by atoms with E-state index in [0.717, 1.165) is 18.9 Å². The number of carbonyl (C=O) groups excluding carboxylic acids is 1. The van der Waals surface area contributed by atoms with Gasteiger partial charge in [-0.25, -0.2) is 8.78 Å². The van der Waals surface area contributed by atoms with Crippen LogP contribution in [0, 0.1) is 11.6 Å². The van der Waals surface area contributed by atoms with E-state index in [1.54, 1.807) is 10.8 Å². The predicted octanol–water partition coefficient (Wildman–Crippen LogP) is 3.59. The number of aromatic nitrogens is 1. The lowest BCUT2D eigenvalue weighted by Crippen LogP contribution is -2.17. The summed E-state index contributed by atoms with van der Waals surface area (Å²) in [4.78, 5) is 12.3. The molecule has 1 heterocycles. The highest BCUT2D eigenvalue weighted by molar-refractivity contribution is 6.34. The number of nitrogens with zero attached hydrogens (tertiary/aromatic N) is 1. The molecule has 3 rings (SSSR count). The zero-order valence-electron chi connectivity index (χ0n) is 10.9. The molecular formula is C14H12ClF2N3O. The molecule has 0 radical (unpaired) electrons. The Morgan fingerprint density at radius 1 is 1.33 bits per heavy atom. The standard InChI is InChI=1S/C14H12ClF2N3O/c15-10-3-7(16)4-11(17)13(10)19-14(21)12-5-8(18)6-20(12)9-1-2-9/h3-6,9H,1-2,18H2,(H,19,21). The summed E-state index contributed by atoms with van der Waals surface area (Å²) in [5.41, 5.74) is 6.24. The maximum absolute atomic E-state index is 13.7. The van der Waals surface area contributed by atoms with Gasteiger partial charge in [-0.2, -0.15) is 0 Å². The molecule has 1 amide bonds. The van der Waals surface area contributed by atoms with Crippen LogP contribution in [0.4, 0.5) is 20.2 Å². The van der Waals surface area contributed by atoms with Crippen molar-refractivity contribution < 1.29 is 13.6 Å². The molecule has 1 fully saturated rings. The Balaban J connectivity index is 1.90. The fourth-order valence-electron chi connectivity index (χ4n) is 2.18. The van der Waals surface area contributed by atoms with E-state index in [-0.39, 0.29) is 16.8 Å². The number of halogens is 3. The Morgan fingerprint density at radius 2 is 2.05 bits per heavy atom. The summed E-state index contributed by atoms with van der Waals surface area (Å²) in [6.45, 7) is 0. The molecule has 7 heteroatoms. The van der Waals surface area contributed by atoms with Crippen LogP contribution in [0.3, 0.4) is 0 Å². The first-order chi connectivity index (χ1) is 9.95. The zero-order chi connectivity index (χ0) is 15.1. The van der Waals surface area contributed by atoms with Gasteiger partial charge in [0.15, 0.2) is 5.82 Å². The van der Waals surface area contributed by atoms with Gasteiger partial charge in [0.05, 0.1) is 16.4 Å². The molecule has 1 aromatic carbocycles. The maximum Gasteiger partial charge on any atom is 0.272 e. The first-order valence-corrected chi connectivity index (χ1v) is 6.76. The number of hydrogen-bond acceptors (Lipinski definition) is 2. The van der Waals surface area contributed by atoms with Crippen molar-refractivity contribution in [1.29, 1.82) is 0 Å². The number of hydrogen-bond donors (Lipinski definition) is 2. The van der Waals surface area contributed by atoms with Crippen molar-refractivity contribution >= 4 is 28.9 Å². The van der Waals surface area contributed by atoms with Gasteiger partial charge in [0.25, 0.3) is 5.91 Å². The average molecular weight is 312 g/mol. The van der Waals surface area contributed by atoms with E-state index in [1.165, 1.54) is 6.07 Å². The zero-order valence-corrected chi connectivity index (χ0v) is 11.6. The van der Waals surface area contributed by atoms with E-state index in [2.05, 4.69) is 5.32 Å². The van der Waals surface area contributed by atoms with Gasteiger partial charge in [-0.3, -0.25) is 4.79 Å². The molecule has 1 aromatic heterocycles. The molecule has 21 heavy (non-hydrogen) atoms. The third kappa shape index (κ3) is 2.71. The SMILES string of the molecule is Nc1cc(C(=O)Nc2c(F)cc(F)cc2Cl)n(C2CC2)c1. The topological polar surface area (TPSA) is 60.1 Å². The van der Waals surface area contributed by atoms with E-state index >= 15 is 0 Å².